The lowest BCUT2D eigenvalue weighted by Gasteiger charge is -2.47. The summed E-state index contributed by atoms with van der Waals surface area (Å²) < 4.78 is 11.5. The van der Waals surface area contributed by atoms with Crippen LogP contribution in [0.2, 0.25) is 0 Å². The molecule has 2 atom stereocenters. The van der Waals surface area contributed by atoms with Crippen molar-refractivity contribution in [2.75, 3.05) is 13.2 Å². The van der Waals surface area contributed by atoms with E-state index in [1.54, 1.807) is 0 Å². The zero-order valence-corrected chi connectivity index (χ0v) is 9.95. The third-order valence-electron chi connectivity index (χ3n) is 3.19. The van der Waals surface area contributed by atoms with Crippen molar-refractivity contribution in [3.8, 4) is 0 Å². The van der Waals surface area contributed by atoms with E-state index in [-0.39, 0.29) is 18.1 Å². The fourth-order valence-corrected chi connectivity index (χ4v) is 2.13. The standard InChI is InChI=1S/C12H22O3/c1-5-6-12(7-8-13)9-14-11(3,4)15-10(12)2/h5,10,13H,1,6-9H2,2-4H3/t10-,12+/m1/s1. The third kappa shape index (κ3) is 2.80. The Morgan fingerprint density at radius 2 is 2.20 bits per heavy atom. The molecule has 0 bridgehead atoms. The Hall–Kier alpha value is -0.380. The number of rotatable bonds is 4. The highest BCUT2D eigenvalue weighted by molar-refractivity contribution is 4.94. The van der Waals surface area contributed by atoms with Gasteiger partial charge < -0.3 is 14.6 Å². The van der Waals surface area contributed by atoms with Gasteiger partial charge in [0.1, 0.15) is 0 Å². The predicted octanol–water partition coefficient (Wildman–Crippen LogP) is 2.10. The highest BCUT2D eigenvalue weighted by Gasteiger charge is 2.44. The molecule has 1 fully saturated rings. The van der Waals surface area contributed by atoms with Crippen LogP contribution in [0.1, 0.15) is 33.6 Å². The minimum Gasteiger partial charge on any atom is -0.396 e. The minimum atomic E-state index is -0.514. The largest absolute Gasteiger partial charge is 0.396 e. The first-order chi connectivity index (χ1) is 6.96. The van der Waals surface area contributed by atoms with Crippen molar-refractivity contribution < 1.29 is 14.6 Å². The first kappa shape index (κ1) is 12.7. The summed E-state index contributed by atoms with van der Waals surface area (Å²) in [6.45, 7) is 10.4. The van der Waals surface area contributed by atoms with E-state index < -0.39 is 5.79 Å². The van der Waals surface area contributed by atoms with Crippen molar-refractivity contribution in [3.05, 3.63) is 12.7 Å². The summed E-state index contributed by atoms with van der Waals surface area (Å²) in [6.07, 6.45) is 3.45. The Labute approximate surface area is 92.1 Å². The van der Waals surface area contributed by atoms with E-state index in [0.717, 1.165) is 6.42 Å². The van der Waals surface area contributed by atoms with Gasteiger partial charge in [-0.25, -0.2) is 0 Å². The molecule has 1 heterocycles. The number of hydrogen-bond donors (Lipinski definition) is 1. The van der Waals surface area contributed by atoms with E-state index in [0.29, 0.717) is 13.0 Å². The second kappa shape index (κ2) is 4.64. The molecular weight excluding hydrogens is 192 g/mol. The highest BCUT2D eigenvalue weighted by Crippen LogP contribution is 2.40. The molecule has 0 aromatic heterocycles. The molecule has 0 spiro atoms. The van der Waals surface area contributed by atoms with E-state index >= 15 is 0 Å². The van der Waals surface area contributed by atoms with Gasteiger partial charge in [0.15, 0.2) is 5.79 Å². The summed E-state index contributed by atoms with van der Waals surface area (Å²) in [5.41, 5.74) is -0.119. The topological polar surface area (TPSA) is 38.7 Å². The van der Waals surface area contributed by atoms with Crippen molar-refractivity contribution in [3.63, 3.8) is 0 Å². The van der Waals surface area contributed by atoms with E-state index in [9.17, 15) is 0 Å². The lowest BCUT2D eigenvalue weighted by Crippen LogP contribution is -2.52. The maximum atomic E-state index is 9.11. The molecule has 0 aromatic rings. The second-order valence-electron chi connectivity index (χ2n) is 4.78. The summed E-state index contributed by atoms with van der Waals surface area (Å²) in [5, 5.41) is 9.11. The van der Waals surface area contributed by atoms with Crippen LogP contribution in [0.4, 0.5) is 0 Å². The Balaban J connectivity index is 2.76. The smallest absolute Gasteiger partial charge is 0.163 e. The van der Waals surface area contributed by atoms with Gasteiger partial charge in [0, 0.05) is 12.0 Å². The number of hydrogen-bond acceptors (Lipinski definition) is 3. The van der Waals surface area contributed by atoms with Gasteiger partial charge in [0.05, 0.1) is 12.7 Å². The molecule has 1 aliphatic rings. The summed E-state index contributed by atoms with van der Waals surface area (Å²) in [5.74, 6) is -0.514. The molecule has 0 unspecified atom stereocenters. The summed E-state index contributed by atoms with van der Waals surface area (Å²) in [6, 6.07) is 0. The zero-order valence-electron chi connectivity index (χ0n) is 9.95. The van der Waals surface area contributed by atoms with Crippen LogP contribution in [0.15, 0.2) is 12.7 Å². The van der Waals surface area contributed by atoms with Crippen molar-refractivity contribution in [2.24, 2.45) is 5.41 Å². The zero-order chi connectivity index (χ0) is 11.5. The van der Waals surface area contributed by atoms with Crippen LogP contribution >= 0.6 is 0 Å². The van der Waals surface area contributed by atoms with Crippen LogP contribution in [0.3, 0.4) is 0 Å². The lowest BCUT2D eigenvalue weighted by atomic mass is 9.76. The fraction of sp³-hybridized carbons (Fsp3) is 0.833. The average molecular weight is 214 g/mol. The van der Waals surface area contributed by atoms with Crippen LogP contribution in [0.25, 0.3) is 0 Å². The van der Waals surface area contributed by atoms with Gasteiger partial charge in [-0.15, -0.1) is 6.58 Å². The molecule has 1 N–H and O–H groups in total. The Kier molecular flexibility index (Phi) is 3.93. The second-order valence-corrected chi connectivity index (χ2v) is 4.78. The van der Waals surface area contributed by atoms with Crippen molar-refractivity contribution in [2.45, 2.75) is 45.5 Å². The third-order valence-corrected chi connectivity index (χ3v) is 3.19. The van der Waals surface area contributed by atoms with Crippen LogP contribution in [-0.4, -0.2) is 30.2 Å². The van der Waals surface area contributed by atoms with Gasteiger partial charge in [-0.2, -0.15) is 0 Å². The molecule has 1 rings (SSSR count). The van der Waals surface area contributed by atoms with Crippen molar-refractivity contribution >= 4 is 0 Å². The molecule has 3 heteroatoms. The van der Waals surface area contributed by atoms with Gasteiger partial charge in [-0.05, 0) is 33.6 Å². The highest BCUT2D eigenvalue weighted by atomic mass is 16.7. The molecule has 0 radical (unpaired) electrons. The van der Waals surface area contributed by atoms with Crippen molar-refractivity contribution in [1.82, 2.24) is 0 Å². The normalized spacial score (nSPS) is 35.1. The molecular formula is C12H22O3. The minimum absolute atomic E-state index is 0.0754. The first-order valence-electron chi connectivity index (χ1n) is 5.49. The van der Waals surface area contributed by atoms with Gasteiger partial charge in [0.2, 0.25) is 0 Å². The maximum Gasteiger partial charge on any atom is 0.163 e. The van der Waals surface area contributed by atoms with Crippen LogP contribution in [0.5, 0.6) is 0 Å². The SMILES string of the molecule is C=CC[C@]1(CCO)COC(C)(C)O[C@@H]1C. The Bertz CT molecular complexity index is 225. The molecule has 0 aliphatic carbocycles. The summed E-state index contributed by atoms with van der Waals surface area (Å²) in [4.78, 5) is 0. The fourth-order valence-electron chi connectivity index (χ4n) is 2.13. The van der Waals surface area contributed by atoms with Gasteiger partial charge in [-0.1, -0.05) is 6.08 Å². The van der Waals surface area contributed by atoms with Crippen LogP contribution < -0.4 is 0 Å². The van der Waals surface area contributed by atoms with Gasteiger partial charge >= 0.3 is 0 Å². The van der Waals surface area contributed by atoms with E-state index in [2.05, 4.69) is 6.58 Å². The number of ether oxygens (including phenoxy) is 2. The number of aliphatic hydroxyl groups excluding tert-OH is 1. The average Bonchev–Trinajstić information content (AvgIpc) is 2.12. The van der Waals surface area contributed by atoms with E-state index in [4.69, 9.17) is 14.6 Å². The van der Waals surface area contributed by atoms with Crippen LogP contribution in [0, 0.1) is 5.41 Å². The number of allylic oxidation sites excluding steroid dienone is 1. The Morgan fingerprint density at radius 3 is 2.67 bits per heavy atom. The van der Waals surface area contributed by atoms with Crippen LogP contribution in [-0.2, 0) is 9.47 Å². The molecule has 15 heavy (non-hydrogen) atoms. The first-order valence-corrected chi connectivity index (χ1v) is 5.49. The summed E-state index contributed by atoms with van der Waals surface area (Å²) >= 11 is 0. The maximum absolute atomic E-state index is 9.11. The van der Waals surface area contributed by atoms with Gasteiger partial charge in [0.25, 0.3) is 0 Å². The molecule has 0 aromatic carbocycles. The molecule has 1 aliphatic heterocycles. The summed E-state index contributed by atoms with van der Waals surface area (Å²) in [7, 11) is 0. The monoisotopic (exact) mass is 214 g/mol. The van der Waals surface area contributed by atoms with Gasteiger partial charge in [-0.3, -0.25) is 0 Å². The lowest BCUT2D eigenvalue weighted by molar-refractivity contribution is -0.315. The molecule has 88 valence electrons. The predicted molar refractivity (Wildman–Crippen MR) is 59.5 cm³/mol. The quantitative estimate of drug-likeness (QED) is 0.728. The van der Waals surface area contributed by atoms with E-state index in [1.807, 2.05) is 26.8 Å². The molecule has 3 nitrogen and oxygen atoms in total. The Morgan fingerprint density at radius 1 is 1.53 bits per heavy atom. The molecule has 1 saturated heterocycles. The van der Waals surface area contributed by atoms with E-state index in [1.165, 1.54) is 0 Å². The molecule has 0 amide bonds. The van der Waals surface area contributed by atoms with Crippen molar-refractivity contribution in [1.29, 1.82) is 0 Å². The molecule has 0 saturated carbocycles. The number of aliphatic hydroxyl groups is 1.